The van der Waals surface area contributed by atoms with Crippen LogP contribution in [0.25, 0.3) is 0 Å². The van der Waals surface area contributed by atoms with Gasteiger partial charge in [0.2, 0.25) is 0 Å². The van der Waals surface area contributed by atoms with Crippen LogP contribution in [0.5, 0.6) is 0 Å². The highest BCUT2D eigenvalue weighted by molar-refractivity contribution is 7.92. The summed E-state index contributed by atoms with van der Waals surface area (Å²) in [6.07, 6.45) is 2.28. The molecule has 11 heavy (non-hydrogen) atoms. The van der Waals surface area contributed by atoms with Crippen molar-refractivity contribution in [3.63, 3.8) is 0 Å². The Bertz CT molecular complexity index is 213. The lowest BCUT2D eigenvalue weighted by molar-refractivity contribution is 0.572. The maximum atomic E-state index is 11.2. The Hall–Kier alpha value is -0.130. The number of sulfone groups is 1. The van der Waals surface area contributed by atoms with Gasteiger partial charge in [-0.25, -0.2) is 8.42 Å². The lowest BCUT2D eigenvalue weighted by atomic mass is 10.2. The number of rotatable bonds is 3. The fraction of sp³-hybridized carbons (Fsp3) is 1.00. The molecule has 0 amide bonds. The molecule has 1 atom stereocenters. The van der Waals surface area contributed by atoms with Gasteiger partial charge in [0.05, 0.1) is 11.0 Å². The van der Waals surface area contributed by atoms with Crippen molar-refractivity contribution in [2.75, 3.05) is 12.3 Å². The molecule has 0 aromatic carbocycles. The predicted molar refractivity (Wildman–Crippen MR) is 43.6 cm³/mol. The Labute approximate surface area is 67.0 Å². The van der Waals surface area contributed by atoms with E-state index in [1.807, 2.05) is 0 Å². The first kappa shape index (κ1) is 8.96. The lowest BCUT2D eigenvalue weighted by Crippen LogP contribution is -2.28. The number of hydrazine groups is 1. The van der Waals surface area contributed by atoms with Gasteiger partial charge in [0.15, 0.2) is 9.84 Å². The number of hydrogen-bond acceptors (Lipinski definition) is 4. The summed E-state index contributed by atoms with van der Waals surface area (Å²) in [7, 11) is -2.75. The third-order valence-corrected chi connectivity index (χ3v) is 4.42. The zero-order valence-electron chi connectivity index (χ0n) is 6.41. The third-order valence-electron chi connectivity index (χ3n) is 2.07. The third kappa shape index (κ3) is 2.15. The van der Waals surface area contributed by atoms with Gasteiger partial charge in [-0.05, 0) is 19.3 Å². The Morgan fingerprint density at radius 1 is 1.55 bits per heavy atom. The Balaban J connectivity index is 2.45. The van der Waals surface area contributed by atoms with Crippen molar-refractivity contribution in [3.05, 3.63) is 0 Å². The van der Waals surface area contributed by atoms with Crippen molar-refractivity contribution in [2.45, 2.75) is 24.5 Å². The van der Waals surface area contributed by atoms with Crippen molar-refractivity contribution < 1.29 is 8.42 Å². The van der Waals surface area contributed by atoms with Gasteiger partial charge in [0, 0.05) is 6.54 Å². The SMILES string of the molecule is NNCCC1CCCS1(=O)=O. The minimum Gasteiger partial charge on any atom is -0.271 e. The lowest BCUT2D eigenvalue weighted by Gasteiger charge is -2.07. The molecule has 1 saturated heterocycles. The van der Waals surface area contributed by atoms with Gasteiger partial charge in [-0.1, -0.05) is 0 Å². The number of nitrogens with two attached hydrogens (primary N) is 1. The summed E-state index contributed by atoms with van der Waals surface area (Å²) < 4.78 is 22.4. The van der Waals surface area contributed by atoms with Gasteiger partial charge in [-0.15, -0.1) is 0 Å². The summed E-state index contributed by atoms with van der Waals surface area (Å²) in [5.74, 6) is 5.41. The van der Waals surface area contributed by atoms with Crippen LogP contribution in [0.15, 0.2) is 0 Å². The highest BCUT2D eigenvalue weighted by Crippen LogP contribution is 2.21. The van der Waals surface area contributed by atoms with Gasteiger partial charge in [-0.3, -0.25) is 11.3 Å². The van der Waals surface area contributed by atoms with Crippen LogP contribution in [-0.2, 0) is 9.84 Å². The molecular formula is C6H14N2O2S. The molecule has 3 N–H and O–H groups in total. The molecule has 0 radical (unpaired) electrons. The van der Waals surface area contributed by atoms with Gasteiger partial charge in [-0.2, -0.15) is 0 Å². The Morgan fingerprint density at radius 2 is 2.27 bits per heavy atom. The molecule has 5 heteroatoms. The molecule has 66 valence electrons. The summed E-state index contributed by atoms with van der Waals surface area (Å²) in [5.41, 5.74) is 2.47. The molecule has 0 spiro atoms. The first-order valence-corrected chi connectivity index (χ1v) is 5.53. The second-order valence-corrected chi connectivity index (χ2v) is 5.27. The summed E-state index contributed by atoms with van der Waals surface area (Å²) in [5, 5.41) is -0.140. The van der Waals surface area contributed by atoms with Crippen LogP contribution in [0.1, 0.15) is 19.3 Å². The number of nitrogens with one attached hydrogen (secondary N) is 1. The summed E-state index contributed by atoms with van der Waals surface area (Å²) in [4.78, 5) is 0. The summed E-state index contributed by atoms with van der Waals surface area (Å²) >= 11 is 0. The van der Waals surface area contributed by atoms with Crippen LogP contribution in [0.4, 0.5) is 0 Å². The van der Waals surface area contributed by atoms with Crippen LogP contribution >= 0.6 is 0 Å². The van der Waals surface area contributed by atoms with E-state index in [0.29, 0.717) is 18.7 Å². The summed E-state index contributed by atoms with van der Waals surface area (Å²) in [6, 6.07) is 0. The average molecular weight is 178 g/mol. The van der Waals surface area contributed by atoms with E-state index in [1.54, 1.807) is 0 Å². The molecule has 0 bridgehead atoms. The van der Waals surface area contributed by atoms with Crippen LogP contribution < -0.4 is 11.3 Å². The van der Waals surface area contributed by atoms with Gasteiger partial charge < -0.3 is 0 Å². The second-order valence-electron chi connectivity index (χ2n) is 2.87. The topological polar surface area (TPSA) is 72.2 Å². The molecule has 4 nitrogen and oxygen atoms in total. The van der Waals surface area contributed by atoms with Crippen molar-refractivity contribution in [2.24, 2.45) is 5.84 Å². The average Bonchev–Trinajstić information content (AvgIpc) is 2.25. The molecule has 1 aliphatic rings. The highest BCUT2D eigenvalue weighted by atomic mass is 32.2. The van der Waals surface area contributed by atoms with E-state index >= 15 is 0 Å². The molecule has 1 fully saturated rings. The molecule has 1 unspecified atom stereocenters. The first-order valence-electron chi connectivity index (χ1n) is 3.82. The van der Waals surface area contributed by atoms with Crippen LogP contribution in [0.3, 0.4) is 0 Å². The summed E-state index contributed by atoms with van der Waals surface area (Å²) in [6.45, 7) is 0.587. The van der Waals surface area contributed by atoms with E-state index in [9.17, 15) is 8.42 Å². The van der Waals surface area contributed by atoms with Gasteiger partial charge >= 0.3 is 0 Å². The smallest absolute Gasteiger partial charge is 0.153 e. The van der Waals surface area contributed by atoms with E-state index in [-0.39, 0.29) is 5.25 Å². The van der Waals surface area contributed by atoms with E-state index in [1.165, 1.54) is 0 Å². The largest absolute Gasteiger partial charge is 0.271 e. The van der Waals surface area contributed by atoms with Crippen LogP contribution in [0, 0.1) is 0 Å². The predicted octanol–water partition coefficient (Wildman–Crippen LogP) is -0.583. The van der Waals surface area contributed by atoms with Crippen LogP contribution in [0.2, 0.25) is 0 Å². The minimum absolute atomic E-state index is 0.140. The molecule has 0 aliphatic carbocycles. The highest BCUT2D eigenvalue weighted by Gasteiger charge is 2.30. The quantitative estimate of drug-likeness (QED) is 0.448. The normalized spacial score (nSPS) is 29.0. The first-order chi connectivity index (χ1) is 5.17. The molecular weight excluding hydrogens is 164 g/mol. The van der Waals surface area contributed by atoms with Crippen molar-refractivity contribution in [1.82, 2.24) is 5.43 Å². The maximum Gasteiger partial charge on any atom is 0.153 e. The standard InChI is InChI=1S/C6H14N2O2S/c7-8-4-3-6-2-1-5-11(6,9)10/h6,8H,1-5,7H2. The molecule has 1 rings (SSSR count). The zero-order valence-corrected chi connectivity index (χ0v) is 7.23. The number of hydrogen-bond donors (Lipinski definition) is 2. The van der Waals surface area contributed by atoms with Gasteiger partial charge in [0.1, 0.15) is 0 Å². The fourth-order valence-electron chi connectivity index (χ4n) is 1.43. The van der Waals surface area contributed by atoms with Crippen molar-refractivity contribution in [1.29, 1.82) is 0 Å². The van der Waals surface area contributed by atoms with E-state index in [0.717, 1.165) is 12.8 Å². The Kier molecular flexibility index (Phi) is 2.86. The zero-order chi connectivity index (χ0) is 8.32. The van der Waals surface area contributed by atoms with Gasteiger partial charge in [0.25, 0.3) is 0 Å². The molecule has 0 aromatic heterocycles. The second kappa shape index (κ2) is 3.51. The van der Waals surface area contributed by atoms with Crippen molar-refractivity contribution >= 4 is 9.84 Å². The molecule has 1 aliphatic heterocycles. The fourth-order valence-corrected chi connectivity index (χ4v) is 3.33. The molecule has 0 aromatic rings. The molecule has 0 saturated carbocycles. The van der Waals surface area contributed by atoms with E-state index in [4.69, 9.17) is 5.84 Å². The monoisotopic (exact) mass is 178 g/mol. The minimum atomic E-state index is -2.75. The van der Waals surface area contributed by atoms with Crippen molar-refractivity contribution in [3.8, 4) is 0 Å². The van der Waals surface area contributed by atoms with Crippen LogP contribution in [-0.4, -0.2) is 26.0 Å². The van der Waals surface area contributed by atoms with E-state index in [2.05, 4.69) is 5.43 Å². The van der Waals surface area contributed by atoms with E-state index < -0.39 is 9.84 Å². The molecule has 1 heterocycles. The maximum absolute atomic E-state index is 11.2. The Morgan fingerprint density at radius 3 is 2.73 bits per heavy atom.